The van der Waals surface area contributed by atoms with E-state index in [-0.39, 0.29) is 0 Å². The van der Waals surface area contributed by atoms with Crippen molar-refractivity contribution >= 4 is 23.9 Å². The van der Waals surface area contributed by atoms with Gasteiger partial charge in [0.05, 0.1) is 0 Å². The molecule has 1 saturated heterocycles. The molecule has 0 radical (unpaired) electrons. The Balaban J connectivity index is 0.000000542. The number of piperidine rings is 1. The third kappa shape index (κ3) is 14.7. The Hall–Kier alpha value is -2.98. The van der Waals surface area contributed by atoms with Crippen molar-refractivity contribution in [2.75, 3.05) is 26.7 Å². The number of hydrogen-bond acceptors (Lipinski definition) is 6. The molecule has 1 heterocycles. The zero-order valence-corrected chi connectivity index (χ0v) is 16.3. The second-order valence-electron chi connectivity index (χ2n) is 6.43. The monoisotopic (exact) mass is 412 g/mol. The maximum Gasteiger partial charge on any atom is 0.414 e. The van der Waals surface area contributed by atoms with Gasteiger partial charge >= 0.3 is 23.9 Å². The molecule has 10 heteroatoms. The van der Waals surface area contributed by atoms with Gasteiger partial charge in [0.15, 0.2) is 0 Å². The van der Waals surface area contributed by atoms with Crippen LogP contribution in [-0.2, 0) is 25.7 Å². The molecule has 1 aromatic rings. The number of nitrogens with one attached hydrogen (secondary N) is 1. The first-order chi connectivity index (χ1) is 13.6. The number of aliphatic carboxylic acids is 4. The fraction of sp³-hybridized carbons (Fsp3) is 0.474. The van der Waals surface area contributed by atoms with Crippen LogP contribution in [0.2, 0.25) is 0 Å². The van der Waals surface area contributed by atoms with Crippen molar-refractivity contribution in [2.45, 2.75) is 25.8 Å². The first-order valence-electron chi connectivity index (χ1n) is 8.99. The van der Waals surface area contributed by atoms with E-state index in [2.05, 4.69) is 47.6 Å². The smallest absolute Gasteiger partial charge is 0.414 e. The topological polar surface area (TPSA) is 164 Å². The molecule has 0 unspecified atom stereocenters. The molecule has 1 aliphatic rings. The molecule has 0 aliphatic carbocycles. The summed E-state index contributed by atoms with van der Waals surface area (Å²) in [4.78, 5) is 38.8. The quantitative estimate of drug-likeness (QED) is 0.437. The van der Waals surface area contributed by atoms with E-state index in [0.717, 1.165) is 12.5 Å². The van der Waals surface area contributed by atoms with Crippen molar-refractivity contribution < 1.29 is 39.6 Å². The van der Waals surface area contributed by atoms with Crippen molar-refractivity contribution in [2.24, 2.45) is 5.92 Å². The lowest BCUT2D eigenvalue weighted by Gasteiger charge is -2.25. The van der Waals surface area contributed by atoms with Crippen LogP contribution >= 0.6 is 0 Å². The lowest BCUT2D eigenvalue weighted by atomic mass is 9.94. The standard InChI is InChI=1S/C15H24N2.2C2H2O4/c1-17(13-15-5-3-2-4-6-15)12-9-14-7-10-16-11-8-14;2*3-1(4)2(5)6/h2-6,14,16H,7-13H2,1H3;2*(H,3,4)(H,5,6). The largest absolute Gasteiger partial charge is 0.473 e. The maximum absolute atomic E-state index is 9.10. The van der Waals surface area contributed by atoms with Gasteiger partial charge in [-0.05, 0) is 57.4 Å². The lowest BCUT2D eigenvalue weighted by Crippen LogP contribution is -2.30. The maximum atomic E-state index is 9.10. The molecule has 29 heavy (non-hydrogen) atoms. The molecule has 1 fully saturated rings. The molecule has 0 atom stereocenters. The zero-order valence-electron chi connectivity index (χ0n) is 16.3. The molecule has 5 N–H and O–H groups in total. The van der Waals surface area contributed by atoms with Gasteiger partial charge in [0.1, 0.15) is 0 Å². The number of benzene rings is 1. The molecule has 1 aromatic carbocycles. The van der Waals surface area contributed by atoms with E-state index in [1.807, 2.05) is 0 Å². The molecule has 1 aliphatic heterocycles. The number of carboxylic acid groups (broad SMARTS) is 4. The van der Waals surface area contributed by atoms with Crippen LogP contribution in [0.1, 0.15) is 24.8 Å². The molecular weight excluding hydrogens is 384 g/mol. The van der Waals surface area contributed by atoms with E-state index in [1.165, 1.54) is 44.5 Å². The number of rotatable bonds is 5. The Bertz CT molecular complexity index is 597. The van der Waals surface area contributed by atoms with E-state index in [4.69, 9.17) is 39.6 Å². The SMILES string of the molecule is CN(CCC1CCNCC1)Cc1ccccc1.O=C(O)C(=O)O.O=C(O)C(=O)O. The number of nitrogens with zero attached hydrogens (tertiary/aromatic N) is 1. The second-order valence-corrected chi connectivity index (χ2v) is 6.43. The van der Waals surface area contributed by atoms with E-state index in [0.29, 0.717) is 0 Å². The van der Waals surface area contributed by atoms with Crippen LogP contribution in [0.25, 0.3) is 0 Å². The lowest BCUT2D eigenvalue weighted by molar-refractivity contribution is -0.159. The number of carbonyl (C=O) groups is 4. The van der Waals surface area contributed by atoms with Crippen LogP contribution in [0, 0.1) is 5.92 Å². The Morgan fingerprint density at radius 1 is 0.897 bits per heavy atom. The van der Waals surface area contributed by atoms with Crippen LogP contribution < -0.4 is 5.32 Å². The van der Waals surface area contributed by atoms with Gasteiger partial charge in [0, 0.05) is 6.54 Å². The highest BCUT2D eigenvalue weighted by Gasteiger charge is 2.13. The van der Waals surface area contributed by atoms with Gasteiger partial charge in [-0.3, -0.25) is 0 Å². The summed E-state index contributed by atoms with van der Waals surface area (Å²) in [5.74, 6) is -6.36. The highest BCUT2D eigenvalue weighted by Crippen LogP contribution is 2.16. The molecule has 0 amide bonds. The fourth-order valence-electron chi connectivity index (χ4n) is 2.55. The van der Waals surface area contributed by atoms with Gasteiger partial charge in [-0.15, -0.1) is 0 Å². The zero-order chi connectivity index (χ0) is 22.2. The van der Waals surface area contributed by atoms with Crippen LogP contribution in [-0.4, -0.2) is 75.9 Å². The summed E-state index contributed by atoms with van der Waals surface area (Å²) in [7, 11) is 2.23. The van der Waals surface area contributed by atoms with Gasteiger partial charge in [-0.2, -0.15) is 0 Å². The van der Waals surface area contributed by atoms with E-state index in [1.54, 1.807) is 0 Å². The fourth-order valence-corrected chi connectivity index (χ4v) is 2.55. The van der Waals surface area contributed by atoms with Crippen molar-refractivity contribution in [3.63, 3.8) is 0 Å². The summed E-state index contributed by atoms with van der Waals surface area (Å²) in [6.07, 6.45) is 4.07. The van der Waals surface area contributed by atoms with Gasteiger partial charge in [0.25, 0.3) is 0 Å². The summed E-state index contributed by atoms with van der Waals surface area (Å²) >= 11 is 0. The Morgan fingerprint density at radius 3 is 1.76 bits per heavy atom. The van der Waals surface area contributed by atoms with Crippen LogP contribution in [0.3, 0.4) is 0 Å². The van der Waals surface area contributed by atoms with Gasteiger partial charge in [0.2, 0.25) is 0 Å². The molecule has 162 valence electrons. The average molecular weight is 412 g/mol. The Kier molecular flexibility index (Phi) is 13.5. The highest BCUT2D eigenvalue weighted by molar-refractivity contribution is 6.27. The summed E-state index contributed by atoms with van der Waals surface area (Å²) in [6.45, 7) is 4.73. The third-order valence-corrected chi connectivity index (χ3v) is 4.04. The first kappa shape index (κ1) is 26.0. The number of carboxylic acids is 4. The van der Waals surface area contributed by atoms with E-state index >= 15 is 0 Å². The molecular formula is C19H28N2O8. The van der Waals surface area contributed by atoms with Gasteiger partial charge in [-0.1, -0.05) is 30.3 Å². The van der Waals surface area contributed by atoms with Crippen LogP contribution in [0.15, 0.2) is 30.3 Å². The summed E-state index contributed by atoms with van der Waals surface area (Å²) in [6, 6.07) is 10.7. The van der Waals surface area contributed by atoms with E-state index < -0.39 is 23.9 Å². The summed E-state index contributed by atoms with van der Waals surface area (Å²) in [5.41, 5.74) is 1.42. The van der Waals surface area contributed by atoms with Gasteiger partial charge in [-0.25, -0.2) is 19.2 Å². The first-order valence-corrected chi connectivity index (χ1v) is 8.99. The minimum atomic E-state index is -1.82. The minimum Gasteiger partial charge on any atom is -0.473 e. The molecule has 10 nitrogen and oxygen atoms in total. The predicted molar refractivity (Wildman–Crippen MR) is 104 cm³/mol. The number of hydrogen-bond donors (Lipinski definition) is 5. The molecule has 0 spiro atoms. The molecule has 2 rings (SSSR count). The van der Waals surface area contributed by atoms with Gasteiger partial charge < -0.3 is 30.6 Å². The Labute approximate surface area is 168 Å². The van der Waals surface area contributed by atoms with Crippen molar-refractivity contribution in [3.8, 4) is 0 Å². The van der Waals surface area contributed by atoms with Crippen LogP contribution in [0.5, 0.6) is 0 Å². The van der Waals surface area contributed by atoms with Crippen molar-refractivity contribution in [3.05, 3.63) is 35.9 Å². The van der Waals surface area contributed by atoms with E-state index in [9.17, 15) is 0 Å². The summed E-state index contributed by atoms with van der Waals surface area (Å²) in [5, 5.41) is 33.0. The molecule has 0 aromatic heterocycles. The average Bonchev–Trinajstić information content (AvgIpc) is 2.69. The third-order valence-electron chi connectivity index (χ3n) is 4.04. The highest BCUT2D eigenvalue weighted by atomic mass is 16.4. The summed E-state index contributed by atoms with van der Waals surface area (Å²) < 4.78 is 0. The molecule has 0 saturated carbocycles. The Morgan fingerprint density at radius 2 is 1.34 bits per heavy atom. The predicted octanol–water partition coefficient (Wildman–Crippen LogP) is 0.819. The van der Waals surface area contributed by atoms with Crippen molar-refractivity contribution in [1.82, 2.24) is 10.2 Å². The normalized spacial score (nSPS) is 13.3. The van der Waals surface area contributed by atoms with Crippen molar-refractivity contribution in [1.29, 1.82) is 0 Å². The van der Waals surface area contributed by atoms with Crippen LogP contribution in [0.4, 0.5) is 0 Å². The molecule has 0 bridgehead atoms. The minimum absolute atomic E-state index is 0.939. The second kappa shape index (κ2) is 15.0.